The van der Waals surface area contributed by atoms with Crippen molar-refractivity contribution >= 4 is 46.4 Å². The van der Waals surface area contributed by atoms with Gasteiger partial charge in [0.1, 0.15) is 18.0 Å². The molecular formula is C17H14Cl2N2O4. The highest BCUT2D eigenvalue weighted by Gasteiger charge is 2.27. The number of hydrogen-bond acceptors (Lipinski definition) is 4. The van der Waals surface area contributed by atoms with E-state index in [1.54, 1.807) is 36.4 Å². The second-order valence-electron chi connectivity index (χ2n) is 5.28. The minimum absolute atomic E-state index is 0.144. The number of anilines is 2. The number of nitrogens with zero attached hydrogens (tertiary/aromatic N) is 1. The van der Waals surface area contributed by atoms with Crippen LogP contribution in [0.15, 0.2) is 36.4 Å². The second-order valence-corrected chi connectivity index (χ2v) is 6.12. The first kappa shape index (κ1) is 17.4. The number of rotatable bonds is 4. The first-order valence-corrected chi connectivity index (χ1v) is 8.09. The van der Waals surface area contributed by atoms with E-state index in [2.05, 4.69) is 5.32 Å². The fourth-order valence-electron chi connectivity index (χ4n) is 2.44. The summed E-state index contributed by atoms with van der Waals surface area (Å²) < 4.78 is 10.4. The molecule has 0 atom stereocenters. The zero-order valence-electron chi connectivity index (χ0n) is 13.2. The number of methoxy groups -OCH3 is 1. The lowest BCUT2D eigenvalue weighted by Gasteiger charge is -2.28. The summed E-state index contributed by atoms with van der Waals surface area (Å²) in [6.45, 7) is -0.296. The van der Waals surface area contributed by atoms with Crippen molar-refractivity contribution in [2.75, 3.05) is 30.5 Å². The van der Waals surface area contributed by atoms with Gasteiger partial charge in [-0.25, -0.2) is 0 Å². The van der Waals surface area contributed by atoms with Crippen LogP contribution in [0, 0.1) is 0 Å². The van der Waals surface area contributed by atoms with Crippen LogP contribution in [-0.4, -0.2) is 32.1 Å². The minimum Gasteiger partial charge on any atom is -0.495 e. The molecule has 130 valence electrons. The highest BCUT2D eigenvalue weighted by molar-refractivity contribution is 6.32. The predicted octanol–water partition coefficient (Wildman–Crippen LogP) is 3.37. The fourth-order valence-corrected chi connectivity index (χ4v) is 2.86. The van der Waals surface area contributed by atoms with Gasteiger partial charge in [-0.1, -0.05) is 23.2 Å². The molecule has 0 fully saturated rings. The highest BCUT2D eigenvalue weighted by Crippen LogP contribution is 2.34. The zero-order valence-corrected chi connectivity index (χ0v) is 14.7. The Morgan fingerprint density at radius 1 is 1.28 bits per heavy atom. The number of benzene rings is 2. The van der Waals surface area contributed by atoms with Crippen molar-refractivity contribution in [3.8, 4) is 11.5 Å². The van der Waals surface area contributed by atoms with E-state index < -0.39 is 0 Å². The van der Waals surface area contributed by atoms with E-state index in [0.717, 1.165) is 0 Å². The molecule has 2 aromatic carbocycles. The SMILES string of the molecule is COc1ccc(NC(=O)CN2C(=O)COc3cc(Cl)ccc32)cc1Cl. The lowest BCUT2D eigenvalue weighted by atomic mass is 10.2. The molecule has 2 amide bonds. The van der Waals surface area contributed by atoms with E-state index in [-0.39, 0.29) is 25.0 Å². The van der Waals surface area contributed by atoms with Gasteiger partial charge in [-0.15, -0.1) is 0 Å². The first-order valence-electron chi connectivity index (χ1n) is 7.34. The quantitative estimate of drug-likeness (QED) is 0.882. The third kappa shape index (κ3) is 3.81. The molecule has 1 aliphatic heterocycles. The molecule has 0 saturated heterocycles. The average molecular weight is 381 g/mol. The van der Waals surface area contributed by atoms with Crippen LogP contribution < -0.4 is 19.7 Å². The molecule has 0 aromatic heterocycles. The van der Waals surface area contributed by atoms with Crippen molar-refractivity contribution in [1.82, 2.24) is 0 Å². The number of halogens is 2. The summed E-state index contributed by atoms with van der Waals surface area (Å²) >= 11 is 12.0. The summed E-state index contributed by atoms with van der Waals surface area (Å²) in [6.07, 6.45) is 0. The van der Waals surface area contributed by atoms with Crippen LogP contribution in [-0.2, 0) is 9.59 Å². The summed E-state index contributed by atoms with van der Waals surface area (Å²) in [5, 5.41) is 3.57. The Kier molecular flexibility index (Phi) is 5.01. The molecular weight excluding hydrogens is 367 g/mol. The van der Waals surface area contributed by atoms with Crippen LogP contribution in [0.2, 0.25) is 10.0 Å². The van der Waals surface area contributed by atoms with Gasteiger partial charge in [-0.05, 0) is 30.3 Å². The van der Waals surface area contributed by atoms with Crippen LogP contribution in [0.25, 0.3) is 0 Å². The minimum atomic E-state index is -0.364. The van der Waals surface area contributed by atoms with Gasteiger partial charge in [0.05, 0.1) is 17.8 Å². The lowest BCUT2D eigenvalue weighted by Crippen LogP contribution is -2.43. The summed E-state index contributed by atoms with van der Waals surface area (Å²) in [5.41, 5.74) is 1.01. The fraction of sp³-hybridized carbons (Fsp3) is 0.176. The van der Waals surface area contributed by atoms with Gasteiger partial charge < -0.3 is 14.8 Å². The monoisotopic (exact) mass is 380 g/mol. The Morgan fingerprint density at radius 2 is 2.08 bits per heavy atom. The highest BCUT2D eigenvalue weighted by atomic mass is 35.5. The van der Waals surface area contributed by atoms with Gasteiger partial charge in [0.15, 0.2) is 6.61 Å². The summed E-state index contributed by atoms with van der Waals surface area (Å²) in [4.78, 5) is 25.8. The maximum Gasteiger partial charge on any atom is 0.265 e. The van der Waals surface area contributed by atoms with Gasteiger partial charge in [0, 0.05) is 16.8 Å². The molecule has 0 radical (unpaired) electrons. The maximum absolute atomic E-state index is 12.3. The van der Waals surface area contributed by atoms with E-state index in [1.807, 2.05) is 0 Å². The van der Waals surface area contributed by atoms with Crippen molar-refractivity contribution in [3.05, 3.63) is 46.4 Å². The van der Waals surface area contributed by atoms with Crippen LogP contribution in [0.3, 0.4) is 0 Å². The molecule has 6 nitrogen and oxygen atoms in total. The number of carbonyl (C=O) groups is 2. The van der Waals surface area contributed by atoms with Gasteiger partial charge in [-0.2, -0.15) is 0 Å². The second kappa shape index (κ2) is 7.21. The molecule has 3 rings (SSSR count). The summed E-state index contributed by atoms with van der Waals surface area (Å²) in [5.74, 6) is 0.302. The molecule has 1 N–H and O–H groups in total. The van der Waals surface area contributed by atoms with E-state index in [4.69, 9.17) is 32.7 Å². The van der Waals surface area contributed by atoms with Gasteiger partial charge in [0.2, 0.25) is 5.91 Å². The van der Waals surface area contributed by atoms with E-state index in [1.165, 1.54) is 12.0 Å². The van der Waals surface area contributed by atoms with Crippen molar-refractivity contribution in [3.63, 3.8) is 0 Å². The van der Waals surface area contributed by atoms with Crippen LogP contribution in [0.5, 0.6) is 11.5 Å². The molecule has 0 saturated carbocycles. The number of nitrogens with one attached hydrogen (secondary N) is 1. The predicted molar refractivity (Wildman–Crippen MR) is 95.9 cm³/mol. The largest absolute Gasteiger partial charge is 0.495 e. The van der Waals surface area contributed by atoms with Crippen LogP contribution >= 0.6 is 23.2 Å². The average Bonchev–Trinajstić information content (AvgIpc) is 2.57. The number of fused-ring (bicyclic) bond motifs is 1. The Morgan fingerprint density at radius 3 is 2.80 bits per heavy atom. The topological polar surface area (TPSA) is 67.9 Å². The van der Waals surface area contributed by atoms with Crippen molar-refractivity contribution in [2.45, 2.75) is 0 Å². The van der Waals surface area contributed by atoms with Crippen molar-refractivity contribution < 1.29 is 19.1 Å². The Hall–Kier alpha value is -2.44. The third-order valence-corrected chi connectivity index (χ3v) is 4.13. The summed E-state index contributed by atoms with van der Waals surface area (Å²) in [6, 6.07) is 9.78. The van der Waals surface area contributed by atoms with Crippen LogP contribution in [0.1, 0.15) is 0 Å². The zero-order chi connectivity index (χ0) is 18.0. The van der Waals surface area contributed by atoms with E-state index in [0.29, 0.717) is 32.9 Å². The molecule has 1 heterocycles. The first-order chi connectivity index (χ1) is 12.0. The smallest absolute Gasteiger partial charge is 0.265 e. The van der Waals surface area contributed by atoms with Gasteiger partial charge in [-0.3, -0.25) is 14.5 Å². The number of hydrogen-bond donors (Lipinski definition) is 1. The molecule has 1 aliphatic rings. The van der Waals surface area contributed by atoms with E-state index in [9.17, 15) is 9.59 Å². The molecule has 0 aliphatic carbocycles. The Labute approximate surface area is 154 Å². The summed E-state index contributed by atoms with van der Waals surface area (Å²) in [7, 11) is 1.51. The van der Waals surface area contributed by atoms with Crippen molar-refractivity contribution in [2.24, 2.45) is 0 Å². The molecule has 25 heavy (non-hydrogen) atoms. The van der Waals surface area contributed by atoms with Gasteiger partial charge in [0.25, 0.3) is 5.91 Å². The number of amides is 2. The molecule has 0 bridgehead atoms. The van der Waals surface area contributed by atoms with Gasteiger partial charge >= 0.3 is 0 Å². The third-order valence-electron chi connectivity index (χ3n) is 3.60. The molecule has 8 heteroatoms. The van der Waals surface area contributed by atoms with E-state index >= 15 is 0 Å². The van der Waals surface area contributed by atoms with Crippen molar-refractivity contribution in [1.29, 1.82) is 0 Å². The Bertz CT molecular complexity index is 841. The maximum atomic E-state index is 12.3. The lowest BCUT2D eigenvalue weighted by molar-refractivity contribution is -0.123. The van der Waals surface area contributed by atoms with Crippen LogP contribution in [0.4, 0.5) is 11.4 Å². The molecule has 2 aromatic rings. The molecule has 0 spiro atoms. The standard InChI is InChI=1S/C17H14Cl2N2O4/c1-24-14-5-3-11(7-12(14)19)20-16(22)8-21-13-4-2-10(18)6-15(13)25-9-17(21)23/h2-7H,8-9H2,1H3,(H,20,22). The number of carbonyl (C=O) groups excluding carboxylic acids is 2. The molecule has 0 unspecified atom stereocenters. The normalized spacial score (nSPS) is 13.1. The number of ether oxygens (including phenoxy) is 2. The Balaban J connectivity index is 1.75.